The molecule has 0 amide bonds. The first kappa shape index (κ1) is 13.3. The zero-order chi connectivity index (χ0) is 13.0. The van der Waals surface area contributed by atoms with Crippen LogP contribution < -0.4 is 4.90 Å². The maximum Gasteiger partial charge on any atom is 0.303 e. The topological polar surface area (TPSA) is 40.5 Å². The van der Waals surface area contributed by atoms with Crippen molar-refractivity contribution in [2.45, 2.75) is 30.6 Å². The average molecular weight is 265 g/mol. The number of fused-ring (bicyclic) bond motifs is 1. The first-order valence-electron chi connectivity index (χ1n) is 6.35. The second kappa shape index (κ2) is 6.14. The molecular formula is C14H19NO2S. The number of hydrogen-bond donors (Lipinski definition) is 1. The Labute approximate surface area is 112 Å². The number of anilines is 1. The molecule has 0 saturated heterocycles. The summed E-state index contributed by atoms with van der Waals surface area (Å²) in [4.78, 5) is 14.0. The van der Waals surface area contributed by atoms with Gasteiger partial charge in [-0.2, -0.15) is 0 Å². The summed E-state index contributed by atoms with van der Waals surface area (Å²) in [6.07, 6.45) is 3.35. The highest BCUT2D eigenvalue weighted by Crippen LogP contribution is 2.32. The van der Waals surface area contributed by atoms with Crippen LogP contribution in [-0.4, -0.2) is 30.4 Å². The minimum absolute atomic E-state index is 0.241. The van der Waals surface area contributed by atoms with Crippen LogP contribution in [0.5, 0.6) is 0 Å². The van der Waals surface area contributed by atoms with Gasteiger partial charge in [0, 0.05) is 30.6 Å². The highest BCUT2D eigenvalue weighted by Gasteiger charge is 2.11. The van der Waals surface area contributed by atoms with Crippen molar-refractivity contribution in [3.05, 3.63) is 23.8 Å². The molecule has 98 valence electrons. The van der Waals surface area contributed by atoms with Crippen LogP contribution in [0.15, 0.2) is 23.1 Å². The van der Waals surface area contributed by atoms with Crippen molar-refractivity contribution < 1.29 is 9.90 Å². The quantitative estimate of drug-likeness (QED) is 0.888. The zero-order valence-electron chi connectivity index (χ0n) is 10.7. The molecule has 2 rings (SSSR count). The molecule has 0 unspecified atom stereocenters. The molecule has 1 aliphatic heterocycles. The fourth-order valence-corrected chi connectivity index (χ4v) is 3.20. The summed E-state index contributed by atoms with van der Waals surface area (Å²) in [5.74, 6) is 0.506. The Balaban J connectivity index is 1.97. The maximum atomic E-state index is 10.5. The molecule has 0 saturated carbocycles. The van der Waals surface area contributed by atoms with Gasteiger partial charge in [0.25, 0.3) is 0 Å². The van der Waals surface area contributed by atoms with Crippen LogP contribution in [0.25, 0.3) is 0 Å². The van der Waals surface area contributed by atoms with Gasteiger partial charge in [0.1, 0.15) is 0 Å². The molecule has 0 bridgehead atoms. The van der Waals surface area contributed by atoms with Gasteiger partial charge in [-0.3, -0.25) is 4.79 Å². The van der Waals surface area contributed by atoms with Gasteiger partial charge >= 0.3 is 5.97 Å². The molecule has 1 aliphatic rings. The fourth-order valence-electron chi connectivity index (χ4n) is 2.18. The van der Waals surface area contributed by atoms with Crippen LogP contribution >= 0.6 is 11.8 Å². The van der Waals surface area contributed by atoms with Crippen molar-refractivity contribution in [2.75, 3.05) is 24.2 Å². The highest BCUT2D eigenvalue weighted by molar-refractivity contribution is 7.99. The lowest BCUT2D eigenvalue weighted by atomic mass is 10.1. The summed E-state index contributed by atoms with van der Waals surface area (Å²) < 4.78 is 0. The number of nitrogens with zero attached hydrogens (tertiary/aromatic N) is 1. The van der Waals surface area contributed by atoms with Gasteiger partial charge in [0.05, 0.1) is 0 Å². The van der Waals surface area contributed by atoms with Gasteiger partial charge in [0.15, 0.2) is 0 Å². The number of thioether (sulfide) groups is 1. The van der Waals surface area contributed by atoms with Gasteiger partial charge in [-0.1, -0.05) is 0 Å². The molecule has 1 heterocycles. The molecule has 0 aromatic heterocycles. The normalized spacial score (nSPS) is 14.1. The second-order valence-corrected chi connectivity index (χ2v) is 5.80. The lowest BCUT2D eigenvalue weighted by Crippen LogP contribution is -2.19. The van der Waals surface area contributed by atoms with Crippen molar-refractivity contribution in [3.8, 4) is 0 Å². The largest absolute Gasteiger partial charge is 0.481 e. The summed E-state index contributed by atoms with van der Waals surface area (Å²) in [6, 6.07) is 6.59. The van der Waals surface area contributed by atoms with E-state index in [1.54, 1.807) is 0 Å². The standard InChI is InChI=1S/C14H19NO2S/c1-15(8-2-5-14(16)17)12-6-7-13-11(10-12)4-3-9-18-13/h6-7,10H,2-5,8-9H2,1H3,(H,16,17). The van der Waals surface area contributed by atoms with Crippen molar-refractivity contribution in [1.82, 2.24) is 0 Å². The number of carbonyl (C=O) groups is 1. The van der Waals surface area contributed by atoms with Gasteiger partial charge in [-0.15, -0.1) is 11.8 Å². The van der Waals surface area contributed by atoms with Crippen molar-refractivity contribution in [3.63, 3.8) is 0 Å². The van der Waals surface area contributed by atoms with E-state index in [1.165, 1.54) is 34.7 Å². The van der Waals surface area contributed by atoms with Gasteiger partial charge in [-0.05, 0) is 48.8 Å². The predicted octanol–water partition coefficient (Wildman–Crippen LogP) is 3.03. The lowest BCUT2D eigenvalue weighted by Gasteiger charge is -2.22. The lowest BCUT2D eigenvalue weighted by molar-refractivity contribution is -0.137. The molecule has 0 atom stereocenters. The van der Waals surface area contributed by atoms with Gasteiger partial charge < -0.3 is 10.0 Å². The van der Waals surface area contributed by atoms with Gasteiger partial charge in [0.2, 0.25) is 0 Å². The Morgan fingerprint density at radius 1 is 1.50 bits per heavy atom. The number of rotatable bonds is 5. The Kier molecular flexibility index (Phi) is 4.53. The van der Waals surface area contributed by atoms with E-state index >= 15 is 0 Å². The van der Waals surface area contributed by atoms with E-state index in [0.29, 0.717) is 6.42 Å². The summed E-state index contributed by atoms with van der Waals surface area (Å²) in [5.41, 5.74) is 2.63. The van der Waals surface area contributed by atoms with E-state index in [9.17, 15) is 4.79 Å². The Morgan fingerprint density at radius 3 is 3.11 bits per heavy atom. The summed E-state index contributed by atoms with van der Waals surface area (Å²) >= 11 is 1.93. The number of aryl methyl sites for hydroxylation is 1. The molecule has 0 fully saturated rings. The first-order valence-corrected chi connectivity index (χ1v) is 7.34. The average Bonchev–Trinajstić information content (AvgIpc) is 2.37. The van der Waals surface area contributed by atoms with Crippen LogP contribution in [-0.2, 0) is 11.2 Å². The van der Waals surface area contributed by atoms with Crippen LogP contribution in [0.2, 0.25) is 0 Å². The third kappa shape index (κ3) is 3.42. The van der Waals surface area contributed by atoms with E-state index < -0.39 is 5.97 Å². The third-order valence-corrected chi connectivity index (χ3v) is 4.42. The molecule has 1 aromatic rings. The summed E-state index contributed by atoms with van der Waals surface area (Å²) in [7, 11) is 2.03. The SMILES string of the molecule is CN(CCCC(=O)O)c1ccc2c(c1)CCCS2. The number of aliphatic carboxylic acids is 1. The molecule has 0 radical (unpaired) electrons. The van der Waals surface area contributed by atoms with Crippen LogP contribution in [0.4, 0.5) is 5.69 Å². The molecule has 1 N–H and O–H groups in total. The minimum atomic E-state index is -0.717. The molecule has 0 spiro atoms. The third-order valence-electron chi connectivity index (χ3n) is 3.22. The number of benzene rings is 1. The Hall–Kier alpha value is -1.16. The number of carboxylic acids is 1. The monoisotopic (exact) mass is 265 g/mol. The number of hydrogen-bond acceptors (Lipinski definition) is 3. The Bertz CT molecular complexity index is 434. The zero-order valence-corrected chi connectivity index (χ0v) is 11.5. The van der Waals surface area contributed by atoms with Gasteiger partial charge in [-0.25, -0.2) is 0 Å². The van der Waals surface area contributed by atoms with E-state index in [4.69, 9.17) is 5.11 Å². The van der Waals surface area contributed by atoms with E-state index in [2.05, 4.69) is 23.1 Å². The van der Waals surface area contributed by atoms with E-state index in [1.807, 2.05) is 18.8 Å². The Morgan fingerprint density at radius 2 is 2.33 bits per heavy atom. The minimum Gasteiger partial charge on any atom is -0.481 e. The molecule has 0 aliphatic carbocycles. The smallest absolute Gasteiger partial charge is 0.303 e. The first-order chi connectivity index (χ1) is 8.66. The van der Waals surface area contributed by atoms with Crippen LogP contribution in [0.1, 0.15) is 24.8 Å². The second-order valence-electron chi connectivity index (χ2n) is 4.66. The molecule has 3 nitrogen and oxygen atoms in total. The molecular weight excluding hydrogens is 246 g/mol. The van der Waals surface area contributed by atoms with Crippen molar-refractivity contribution >= 4 is 23.4 Å². The predicted molar refractivity (Wildman–Crippen MR) is 75.6 cm³/mol. The van der Waals surface area contributed by atoms with Crippen LogP contribution in [0, 0.1) is 0 Å². The maximum absolute atomic E-state index is 10.5. The molecule has 18 heavy (non-hydrogen) atoms. The highest BCUT2D eigenvalue weighted by atomic mass is 32.2. The van der Waals surface area contributed by atoms with Crippen LogP contribution in [0.3, 0.4) is 0 Å². The number of carboxylic acid groups (broad SMARTS) is 1. The fraction of sp³-hybridized carbons (Fsp3) is 0.500. The van der Waals surface area contributed by atoms with E-state index in [-0.39, 0.29) is 6.42 Å². The van der Waals surface area contributed by atoms with Crippen molar-refractivity contribution in [2.24, 2.45) is 0 Å². The molecule has 1 aromatic carbocycles. The van der Waals surface area contributed by atoms with E-state index in [0.717, 1.165) is 6.54 Å². The summed E-state index contributed by atoms with van der Waals surface area (Å²) in [5, 5.41) is 8.63. The molecule has 4 heteroatoms. The summed E-state index contributed by atoms with van der Waals surface area (Å²) in [6.45, 7) is 0.790. The van der Waals surface area contributed by atoms with Crippen molar-refractivity contribution in [1.29, 1.82) is 0 Å².